The number of hydrogen-bond acceptors (Lipinski definition) is 6. The zero-order chi connectivity index (χ0) is 13.0. The summed E-state index contributed by atoms with van der Waals surface area (Å²) in [5.74, 6) is 6.39. The molecule has 0 saturated carbocycles. The molecule has 2 rings (SSSR count). The average molecular weight is 316 g/mol. The second kappa shape index (κ2) is 6.31. The van der Waals surface area contributed by atoms with Crippen LogP contribution in [0.4, 0.5) is 5.82 Å². The van der Waals surface area contributed by atoms with Crippen molar-refractivity contribution in [2.45, 2.75) is 25.3 Å². The number of ether oxygens (including phenoxy) is 1. The van der Waals surface area contributed by atoms with Gasteiger partial charge in [-0.1, -0.05) is 0 Å². The second-order valence-electron chi connectivity index (χ2n) is 4.40. The van der Waals surface area contributed by atoms with Crippen LogP contribution in [0, 0.1) is 0 Å². The van der Waals surface area contributed by atoms with Gasteiger partial charge in [0.1, 0.15) is 10.8 Å². The van der Waals surface area contributed by atoms with Crippen LogP contribution in [0.15, 0.2) is 10.8 Å². The summed E-state index contributed by atoms with van der Waals surface area (Å²) in [5.41, 5.74) is 2.49. The lowest BCUT2D eigenvalue weighted by molar-refractivity contribution is 0.227. The van der Waals surface area contributed by atoms with Crippen molar-refractivity contribution in [3.8, 4) is 5.88 Å². The maximum atomic E-state index is 5.67. The molecule has 1 aliphatic heterocycles. The Bertz CT molecular complexity index is 403. The smallest absolute Gasteiger partial charge is 0.233 e. The molecule has 0 aromatic carbocycles. The van der Waals surface area contributed by atoms with Crippen LogP contribution in [-0.2, 0) is 0 Å². The minimum absolute atomic E-state index is 0.526. The Morgan fingerprint density at radius 1 is 1.61 bits per heavy atom. The summed E-state index contributed by atoms with van der Waals surface area (Å²) in [6.07, 6.45) is 4.97. The van der Waals surface area contributed by atoms with Crippen molar-refractivity contribution < 1.29 is 4.74 Å². The largest absolute Gasteiger partial charge is 0.477 e. The Labute approximate surface area is 115 Å². The highest BCUT2D eigenvalue weighted by Gasteiger charge is 2.20. The van der Waals surface area contributed by atoms with Gasteiger partial charge >= 0.3 is 0 Å². The van der Waals surface area contributed by atoms with Crippen molar-refractivity contribution in [3.05, 3.63) is 10.8 Å². The summed E-state index contributed by atoms with van der Waals surface area (Å²) in [4.78, 5) is 10.4. The first-order valence-corrected chi connectivity index (χ1v) is 6.82. The number of hydrazine groups is 1. The SMILES string of the molecule is CN1CCCC1CCOc1ncnc(NN)c1Br. The fourth-order valence-corrected chi connectivity index (χ4v) is 2.62. The highest BCUT2D eigenvalue weighted by molar-refractivity contribution is 9.10. The quantitative estimate of drug-likeness (QED) is 0.631. The molecule has 1 aliphatic rings. The van der Waals surface area contributed by atoms with E-state index in [1.54, 1.807) is 0 Å². The van der Waals surface area contributed by atoms with E-state index in [1.165, 1.54) is 25.7 Å². The molecule has 1 atom stereocenters. The number of nitrogens with one attached hydrogen (secondary N) is 1. The van der Waals surface area contributed by atoms with E-state index in [0.717, 1.165) is 6.42 Å². The minimum atomic E-state index is 0.526. The van der Waals surface area contributed by atoms with E-state index in [1.807, 2.05) is 0 Å². The number of rotatable bonds is 5. The molecule has 1 saturated heterocycles. The molecule has 3 N–H and O–H groups in total. The van der Waals surface area contributed by atoms with Gasteiger partial charge in [-0.05, 0) is 48.8 Å². The third kappa shape index (κ3) is 3.09. The molecule has 0 amide bonds. The maximum absolute atomic E-state index is 5.67. The van der Waals surface area contributed by atoms with Crippen LogP contribution in [0.1, 0.15) is 19.3 Å². The van der Waals surface area contributed by atoms with E-state index in [0.29, 0.717) is 28.8 Å². The van der Waals surface area contributed by atoms with Gasteiger partial charge < -0.3 is 15.1 Å². The number of nitrogen functional groups attached to an aromatic ring is 1. The number of halogens is 1. The second-order valence-corrected chi connectivity index (χ2v) is 5.19. The first-order chi connectivity index (χ1) is 8.72. The lowest BCUT2D eigenvalue weighted by atomic mass is 10.1. The van der Waals surface area contributed by atoms with Crippen molar-refractivity contribution in [3.63, 3.8) is 0 Å². The normalized spacial score (nSPS) is 20.1. The fraction of sp³-hybridized carbons (Fsp3) is 0.636. The van der Waals surface area contributed by atoms with Crippen LogP contribution >= 0.6 is 15.9 Å². The third-order valence-electron chi connectivity index (χ3n) is 3.26. The Kier molecular flexibility index (Phi) is 4.73. The molecule has 1 unspecified atom stereocenters. The van der Waals surface area contributed by atoms with Crippen LogP contribution in [0.3, 0.4) is 0 Å². The Hall–Kier alpha value is -0.920. The molecule has 0 bridgehead atoms. The van der Waals surface area contributed by atoms with Crippen LogP contribution in [0.5, 0.6) is 5.88 Å². The van der Waals surface area contributed by atoms with Crippen molar-refractivity contribution in [2.24, 2.45) is 5.84 Å². The molecule has 18 heavy (non-hydrogen) atoms. The molecule has 2 heterocycles. The van der Waals surface area contributed by atoms with Crippen molar-refractivity contribution >= 4 is 21.7 Å². The Balaban J connectivity index is 1.86. The summed E-state index contributed by atoms with van der Waals surface area (Å²) in [5, 5.41) is 0. The van der Waals surface area contributed by atoms with Gasteiger partial charge in [-0.25, -0.2) is 15.8 Å². The fourth-order valence-electron chi connectivity index (χ4n) is 2.19. The van der Waals surface area contributed by atoms with Gasteiger partial charge in [0.05, 0.1) is 6.61 Å². The number of nitrogens with zero attached hydrogens (tertiary/aromatic N) is 3. The lowest BCUT2D eigenvalue weighted by Gasteiger charge is -2.19. The first-order valence-electron chi connectivity index (χ1n) is 6.02. The van der Waals surface area contributed by atoms with E-state index in [2.05, 4.69) is 43.3 Å². The van der Waals surface area contributed by atoms with Gasteiger partial charge in [-0.15, -0.1) is 0 Å². The molecule has 0 spiro atoms. The summed E-state index contributed by atoms with van der Waals surface area (Å²) >= 11 is 3.36. The molecule has 7 heteroatoms. The van der Waals surface area contributed by atoms with Gasteiger partial charge in [0.25, 0.3) is 0 Å². The standard InChI is InChI=1S/C11H18BrN5O/c1-17-5-2-3-8(17)4-6-18-11-9(12)10(16-13)14-7-15-11/h7-8H,2-6,13H2,1H3,(H,14,15,16). The average Bonchev–Trinajstić information content (AvgIpc) is 2.77. The Morgan fingerprint density at radius 3 is 3.11 bits per heavy atom. The minimum Gasteiger partial charge on any atom is -0.477 e. The summed E-state index contributed by atoms with van der Waals surface area (Å²) in [6.45, 7) is 1.83. The van der Waals surface area contributed by atoms with E-state index >= 15 is 0 Å². The molecule has 1 fully saturated rings. The topological polar surface area (TPSA) is 76.3 Å². The van der Waals surface area contributed by atoms with Crippen molar-refractivity contribution in [1.29, 1.82) is 0 Å². The lowest BCUT2D eigenvalue weighted by Crippen LogP contribution is -2.26. The van der Waals surface area contributed by atoms with Gasteiger partial charge in [0.15, 0.2) is 5.82 Å². The highest BCUT2D eigenvalue weighted by atomic mass is 79.9. The molecule has 1 aromatic rings. The summed E-state index contributed by atoms with van der Waals surface area (Å²) in [6, 6.07) is 0.623. The highest BCUT2D eigenvalue weighted by Crippen LogP contribution is 2.28. The number of likely N-dealkylation sites (tertiary alicyclic amines) is 1. The van der Waals surface area contributed by atoms with Crippen LogP contribution in [-0.4, -0.2) is 41.1 Å². The molecule has 0 radical (unpaired) electrons. The van der Waals surface area contributed by atoms with E-state index < -0.39 is 0 Å². The molecular formula is C11H18BrN5O. The summed E-state index contributed by atoms with van der Waals surface area (Å²) < 4.78 is 6.33. The number of nitrogens with two attached hydrogens (primary N) is 1. The van der Waals surface area contributed by atoms with E-state index in [-0.39, 0.29) is 0 Å². The maximum Gasteiger partial charge on any atom is 0.233 e. The van der Waals surface area contributed by atoms with Crippen LogP contribution < -0.4 is 16.0 Å². The molecule has 6 nitrogen and oxygen atoms in total. The zero-order valence-electron chi connectivity index (χ0n) is 10.4. The number of anilines is 1. The number of hydrogen-bond donors (Lipinski definition) is 2. The molecule has 0 aliphatic carbocycles. The monoisotopic (exact) mass is 315 g/mol. The van der Waals surface area contributed by atoms with E-state index in [9.17, 15) is 0 Å². The van der Waals surface area contributed by atoms with Crippen LogP contribution in [0.2, 0.25) is 0 Å². The van der Waals surface area contributed by atoms with E-state index in [4.69, 9.17) is 10.6 Å². The van der Waals surface area contributed by atoms with Gasteiger partial charge in [-0.3, -0.25) is 0 Å². The predicted octanol–water partition coefficient (Wildman–Crippen LogP) is 1.39. The first kappa shape index (κ1) is 13.5. The number of aromatic nitrogens is 2. The predicted molar refractivity (Wildman–Crippen MR) is 73.3 cm³/mol. The van der Waals surface area contributed by atoms with Gasteiger partial charge in [0, 0.05) is 6.04 Å². The molecule has 100 valence electrons. The Morgan fingerprint density at radius 2 is 2.44 bits per heavy atom. The van der Waals surface area contributed by atoms with Crippen molar-refractivity contribution in [1.82, 2.24) is 14.9 Å². The third-order valence-corrected chi connectivity index (χ3v) is 3.97. The van der Waals surface area contributed by atoms with Gasteiger partial charge in [-0.2, -0.15) is 0 Å². The van der Waals surface area contributed by atoms with Crippen LogP contribution in [0.25, 0.3) is 0 Å². The summed E-state index contributed by atoms with van der Waals surface area (Å²) in [7, 11) is 2.16. The molecule has 1 aromatic heterocycles. The molecular weight excluding hydrogens is 298 g/mol. The van der Waals surface area contributed by atoms with Gasteiger partial charge in [0.2, 0.25) is 5.88 Å². The zero-order valence-corrected chi connectivity index (χ0v) is 12.0. The van der Waals surface area contributed by atoms with Crippen molar-refractivity contribution in [2.75, 3.05) is 25.6 Å².